The predicted octanol–water partition coefficient (Wildman–Crippen LogP) is 4.30. The number of Topliss-reactive ketones (excluding diaryl/α,β-unsaturated/α-hetero) is 1. The molecular formula is C30H38FNO7S. The SMILES string of the molecule is COC(=O)[C@@H]1CCCCOc2ccc(cc2)C[C@H](CS(=O)(=O)c2ccc(F)cc2)C(=O)N[C@@H](CC(C)C)C(=O)C1. The summed E-state index contributed by atoms with van der Waals surface area (Å²) in [6, 6.07) is 10.7. The largest absolute Gasteiger partial charge is 0.494 e. The van der Waals surface area contributed by atoms with Crippen molar-refractivity contribution < 1.29 is 36.7 Å². The van der Waals surface area contributed by atoms with Crippen LogP contribution in [0.2, 0.25) is 0 Å². The molecule has 2 aromatic rings. The van der Waals surface area contributed by atoms with Crippen molar-refractivity contribution in [3.8, 4) is 5.75 Å². The second kappa shape index (κ2) is 14.4. The van der Waals surface area contributed by atoms with Crippen LogP contribution in [-0.2, 0) is 35.4 Å². The summed E-state index contributed by atoms with van der Waals surface area (Å²) in [6.07, 6.45) is 2.09. The fourth-order valence-electron chi connectivity index (χ4n) is 4.81. The number of benzene rings is 2. The number of ketones is 1. The molecule has 0 unspecified atom stereocenters. The van der Waals surface area contributed by atoms with Crippen LogP contribution in [0.5, 0.6) is 5.75 Å². The van der Waals surface area contributed by atoms with Crippen LogP contribution in [0.25, 0.3) is 0 Å². The number of carbonyl (C=O) groups is 3. The highest BCUT2D eigenvalue weighted by Gasteiger charge is 2.33. The average Bonchev–Trinajstić information content (AvgIpc) is 2.91. The lowest BCUT2D eigenvalue weighted by Crippen LogP contribution is -2.47. The van der Waals surface area contributed by atoms with Crippen molar-refractivity contribution in [2.24, 2.45) is 17.8 Å². The summed E-state index contributed by atoms with van der Waals surface area (Å²) in [5.41, 5.74) is 0.726. The minimum Gasteiger partial charge on any atom is -0.494 e. The molecule has 3 atom stereocenters. The van der Waals surface area contributed by atoms with E-state index < -0.39 is 51.2 Å². The molecule has 40 heavy (non-hydrogen) atoms. The Bertz CT molecular complexity index is 1260. The third-order valence-corrected chi connectivity index (χ3v) is 8.81. The topological polar surface area (TPSA) is 116 Å². The van der Waals surface area contributed by atoms with Crippen molar-refractivity contribution in [3.05, 3.63) is 59.9 Å². The van der Waals surface area contributed by atoms with Gasteiger partial charge in [-0.2, -0.15) is 0 Å². The van der Waals surface area contributed by atoms with Crippen molar-refractivity contribution in [1.82, 2.24) is 5.32 Å². The number of halogens is 1. The lowest BCUT2D eigenvalue weighted by atomic mass is 9.90. The molecule has 0 saturated carbocycles. The van der Waals surface area contributed by atoms with Crippen LogP contribution in [0.3, 0.4) is 0 Å². The molecule has 2 bridgehead atoms. The first-order valence-corrected chi connectivity index (χ1v) is 15.2. The number of esters is 1. The van der Waals surface area contributed by atoms with E-state index in [-0.39, 0.29) is 29.4 Å². The Morgan fingerprint density at radius 2 is 1.73 bits per heavy atom. The minimum atomic E-state index is -3.96. The molecule has 0 radical (unpaired) electrons. The van der Waals surface area contributed by atoms with E-state index in [2.05, 4.69) is 5.32 Å². The Labute approximate surface area is 235 Å². The van der Waals surface area contributed by atoms with E-state index in [1.807, 2.05) is 13.8 Å². The zero-order valence-electron chi connectivity index (χ0n) is 23.2. The van der Waals surface area contributed by atoms with Gasteiger partial charge < -0.3 is 14.8 Å². The average molecular weight is 576 g/mol. The van der Waals surface area contributed by atoms with Crippen molar-refractivity contribution in [2.45, 2.75) is 63.3 Å². The van der Waals surface area contributed by atoms with Gasteiger partial charge in [-0.1, -0.05) is 26.0 Å². The molecule has 4 rings (SSSR count). The molecule has 0 fully saturated rings. The standard InChI is InChI=1S/C30H38FNO7S/c1-20(2)16-27-28(33)18-22(30(35)38-3)6-4-5-15-39-25-11-7-21(8-12-25)17-23(29(34)32-27)19-40(36,37)26-13-9-24(31)10-14-26/h7-14,20,22-23,27H,4-6,15-19H2,1-3H3,(H,32,34)/t22-,23-,27+/m1/s1. The molecule has 8 nitrogen and oxygen atoms in total. The van der Waals surface area contributed by atoms with Gasteiger partial charge in [0, 0.05) is 6.42 Å². The molecule has 2 aromatic carbocycles. The van der Waals surface area contributed by atoms with Gasteiger partial charge >= 0.3 is 5.97 Å². The second-order valence-corrected chi connectivity index (χ2v) is 12.7. The number of carbonyl (C=O) groups excluding carboxylic acids is 3. The fraction of sp³-hybridized carbons (Fsp3) is 0.500. The lowest BCUT2D eigenvalue weighted by molar-refractivity contribution is -0.147. The predicted molar refractivity (Wildman–Crippen MR) is 148 cm³/mol. The number of fused-ring (bicyclic) bond motifs is 14. The van der Waals surface area contributed by atoms with Crippen LogP contribution >= 0.6 is 0 Å². The Hall–Kier alpha value is -3.27. The molecular weight excluding hydrogens is 537 g/mol. The Kier molecular flexibility index (Phi) is 11.2. The smallest absolute Gasteiger partial charge is 0.309 e. The van der Waals surface area contributed by atoms with Crippen molar-refractivity contribution in [2.75, 3.05) is 19.5 Å². The van der Waals surface area contributed by atoms with Crippen LogP contribution in [0.15, 0.2) is 53.4 Å². The first kappa shape index (κ1) is 31.3. The van der Waals surface area contributed by atoms with Crippen LogP contribution in [-0.4, -0.2) is 51.6 Å². The molecule has 1 amide bonds. The second-order valence-electron chi connectivity index (χ2n) is 10.7. The van der Waals surface area contributed by atoms with Crippen molar-refractivity contribution in [3.63, 3.8) is 0 Å². The maximum atomic E-state index is 13.6. The van der Waals surface area contributed by atoms with Crippen LogP contribution < -0.4 is 10.1 Å². The van der Waals surface area contributed by atoms with E-state index in [4.69, 9.17) is 9.47 Å². The first-order chi connectivity index (χ1) is 19.0. The van der Waals surface area contributed by atoms with Crippen LogP contribution in [0.1, 0.15) is 51.5 Å². The molecule has 2 aliphatic heterocycles. The lowest BCUT2D eigenvalue weighted by Gasteiger charge is -2.25. The number of hydrogen-bond acceptors (Lipinski definition) is 7. The summed E-state index contributed by atoms with van der Waals surface area (Å²) < 4.78 is 50.6. The molecule has 0 aromatic heterocycles. The fourth-order valence-corrected chi connectivity index (χ4v) is 6.35. The zero-order valence-corrected chi connectivity index (χ0v) is 24.0. The number of rotatable bonds is 6. The van der Waals surface area contributed by atoms with Crippen molar-refractivity contribution in [1.29, 1.82) is 0 Å². The highest BCUT2D eigenvalue weighted by molar-refractivity contribution is 7.91. The quantitative estimate of drug-likeness (QED) is 0.403. The maximum absolute atomic E-state index is 13.6. The summed E-state index contributed by atoms with van der Waals surface area (Å²) in [5.74, 6) is -3.48. The van der Waals surface area contributed by atoms with Gasteiger partial charge in [-0.05, 0) is 80.0 Å². The Morgan fingerprint density at radius 1 is 1.05 bits per heavy atom. The monoisotopic (exact) mass is 575 g/mol. The van der Waals surface area contributed by atoms with E-state index >= 15 is 0 Å². The van der Waals surface area contributed by atoms with Gasteiger partial charge in [-0.3, -0.25) is 14.4 Å². The van der Waals surface area contributed by atoms with Crippen LogP contribution in [0.4, 0.5) is 4.39 Å². The summed E-state index contributed by atoms with van der Waals surface area (Å²) in [4.78, 5) is 39.4. The number of nitrogens with one attached hydrogen (secondary N) is 1. The summed E-state index contributed by atoms with van der Waals surface area (Å²) in [5, 5.41) is 2.80. The third-order valence-electron chi connectivity index (χ3n) is 6.98. The highest BCUT2D eigenvalue weighted by Crippen LogP contribution is 2.23. The zero-order chi connectivity index (χ0) is 29.3. The van der Waals surface area contributed by atoms with E-state index in [9.17, 15) is 27.2 Å². The molecule has 2 heterocycles. The minimum absolute atomic E-state index is 0.0472. The van der Waals surface area contributed by atoms with Gasteiger partial charge in [0.05, 0.1) is 42.2 Å². The van der Waals surface area contributed by atoms with Gasteiger partial charge in [-0.15, -0.1) is 0 Å². The van der Waals surface area contributed by atoms with Crippen molar-refractivity contribution >= 4 is 27.5 Å². The summed E-state index contributed by atoms with van der Waals surface area (Å²) in [7, 11) is -2.69. The van der Waals surface area contributed by atoms with E-state index in [1.165, 1.54) is 19.2 Å². The molecule has 1 N–H and O–H groups in total. The van der Waals surface area contributed by atoms with E-state index in [0.29, 0.717) is 38.0 Å². The summed E-state index contributed by atoms with van der Waals surface area (Å²) >= 11 is 0. The molecule has 0 spiro atoms. The Balaban J connectivity index is 1.95. The third kappa shape index (κ3) is 9.15. The molecule has 0 saturated heterocycles. The van der Waals surface area contributed by atoms with Gasteiger partial charge in [0.25, 0.3) is 0 Å². The summed E-state index contributed by atoms with van der Waals surface area (Å²) in [6.45, 7) is 4.26. The van der Waals surface area contributed by atoms with Crippen LogP contribution in [0, 0.1) is 23.6 Å². The van der Waals surface area contributed by atoms with Gasteiger partial charge in [0.1, 0.15) is 11.6 Å². The molecule has 10 heteroatoms. The van der Waals surface area contributed by atoms with Gasteiger partial charge in [0.15, 0.2) is 15.6 Å². The van der Waals surface area contributed by atoms with E-state index in [1.54, 1.807) is 24.3 Å². The number of hydrogen-bond donors (Lipinski definition) is 1. The highest BCUT2D eigenvalue weighted by atomic mass is 32.2. The number of amides is 1. The first-order valence-electron chi connectivity index (χ1n) is 13.6. The maximum Gasteiger partial charge on any atom is 0.309 e. The van der Waals surface area contributed by atoms with Gasteiger partial charge in [-0.25, -0.2) is 12.8 Å². The Morgan fingerprint density at radius 3 is 2.35 bits per heavy atom. The number of ether oxygens (including phenoxy) is 2. The molecule has 0 aliphatic carbocycles. The number of sulfone groups is 1. The molecule has 218 valence electrons. The molecule has 2 aliphatic rings. The normalized spacial score (nSPS) is 21.4. The number of methoxy groups -OCH3 is 1. The van der Waals surface area contributed by atoms with Gasteiger partial charge in [0.2, 0.25) is 5.91 Å². The van der Waals surface area contributed by atoms with E-state index in [0.717, 1.165) is 17.7 Å².